The number of nitrogens with zero attached hydrogens (tertiary/aromatic N) is 1. The van der Waals surface area contributed by atoms with E-state index in [1.54, 1.807) is 0 Å². The largest absolute Gasteiger partial charge is 0.387 e. The number of anilines is 1. The Hall–Kier alpha value is -1.80. The van der Waals surface area contributed by atoms with Crippen LogP contribution in [0, 0.1) is 27.7 Å². The molecule has 0 saturated heterocycles. The van der Waals surface area contributed by atoms with Crippen LogP contribution in [-0.4, -0.2) is 18.7 Å². The van der Waals surface area contributed by atoms with E-state index in [1.165, 1.54) is 16.7 Å². The van der Waals surface area contributed by atoms with Crippen molar-refractivity contribution >= 4 is 5.69 Å². The van der Waals surface area contributed by atoms with Crippen molar-refractivity contribution in [1.82, 2.24) is 0 Å². The minimum Gasteiger partial charge on any atom is -0.387 e. The molecule has 1 N–H and O–H groups in total. The summed E-state index contributed by atoms with van der Waals surface area (Å²) >= 11 is 0. The molecule has 0 saturated carbocycles. The Morgan fingerprint density at radius 3 is 2.10 bits per heavy atom. The number of aryl methyl sites for hydroxylation is 4. The molecule has 2 aromatic rings. The van der Waals surface area contributed by atoms with Gasteiger partial charge in [0.05, 0.1) is 6.10 Å². The van der Waals surface area contributed by atoms with Gasteiger partial charge in [0.1, 0.15) is 0 Å². The first kappa shape index (κ1) is 15.6. The monoisotopic (exact) mass is 283 g/mol. The Morgan fingerprint density at radius 2 is 1.52 bits per heavy atom. The summed E-state index contributed by atoms with van der Waals surface area (Å²) in [6, 6.07) is 12.7. The number of hydrogen-bond donors (Lipinski definition) is 1. The molecule has 0 aliphatic carbocycles. The van der Waals surface area contributed by atoms with Gasteiger partial charge in [0.2, 0.25) is 0 Å². The van der Waals surface area contributed by atoms with E-state index in [4.69, 9.17) is 0 Å². The molecule has 0 fully saturated rings. The summed E-state index contributed by atoms with van der Waals surface area (Å²) < 4.78 is 0. The quantitative estimate of drug-likeness (QED) is 0.913. The van der Waals surface area contributed by atoms with Crippen LogP contribution in [0.1, 0.15) is 33.9 Å². The van der Waals surface area contributed by atoms with E-state index in [-0.39, 0.29) is 0 Å². The molecule has 1 unspecified atom stereocenters. The molecule has 0 amide bonds. The van der Waals surface area contributed by atoms with Crippen LogP contribution in [0.3, 0.4) is 0 Å². The van der Waals surface area contributed by atoms with Crippen molar-refractivity contribution in [3.05, 3.63) is 64.2 Å². The van der Waals surface area contributed by atoms with Gasteiger partial charge in [0.25, 0.3) is 0 Å². The average Bonchev–Trinajstić information content (AvgIpc) is 2.37. The molecule has 21 heavy (non-hydrogen) atoms. The lowest BCUT2D eigenvalue weighted by Gasteiger charge is -2.24. The molecule has 1 atom stereocenters. The molecule has 2 nitrogen and oxygen atoms in total. The zero-order chi connectivity index (χ0) is 15.6. The van der Waals surface area contributed by atoms with Crippen LogP contribution in [0.5, 0.6) is 0 Å². The third-order valence-electron chi connectivity index (χ3n) is 3.88. The lowest BCUT2D eigenvalue weighted by Crippen LogP contribution is -2.24. The summed E-state index contributed by atoms with van der Waals surface area (Å²) in [6.45, 7) is 8.93. The highest BCUT2D eigenvalue weighted by Crippen LogP contribution is 2.23. The van der Waals surface area contributed by atoms with Crippen LogP contribution < -0.4 is 4.90 Å². The Balaban J connectivity index is 2.16. The van der Waals surface area contributed by atoms with Crippen LogP contribution in [0.4, 0.5) is 5.69 Å². The van der Waals surface area contributed by atoms with Gasteiger partial charge in [-0.2, -0.15) is 0 Å². The van der Waals surface area contributed by atoms with Crippen molar-refractivity contribution in [2.45, 2.75) is 33.8 Å². The summed E-state index contributed by atoms with van der Waals surface area (Å²) in [5.74, 6) is 0. The number of aliphatic hydroxyl groups is 1. The smallest absolute Gasteiger partial charge is 0.0967 e. The summed E-state index contributed by atoms with van der Waals surface area (Å²) in [5, 5.41) is 10.5. The van der Waals surface area contributed by atoms with E-state index < -0.39 is 6.10 Å². The Labute approximate surface area is 128 Å². The van der Waals surface area contributed by atoms with Crippen molar-refractivity contribution in [3.8, 4) is 0 Å². The Morgan fingerprint density at radius 1 is 0.905 bits per heavy atom. The summed E-state index contributed by atoms with van der Waals surface area (Å²) in [6.07, 6.45) is -0.476. The van der Waals surface area contributed by atoms with Crippen molar-refractivity contribution in [3.63, 3.8) is 0 Å². The summed E-state index contributed by atoms with van der Waals surface area (Å²) in [5.41, 5.74) is 7.03. The molecule has 0 aliphatic heterocycles. The van der Waals surface area contributed by atoms with E-state index >= 15 is 0 Å². The fourth-order valence-corrected chi connectivity index (χ4v) is 2.83. The van der Waals surface area contributed by atoms with Crippen molar-refractivity contribution in [2.75, 3.05) is 18.5 Å². The lowest BCUT2D eigenvalue weighted by molar-refractivity contribution is 0.184. The van der Waals surface area contributed by atoms with Gasteiger partial charge in [-0.05, 0) is 62.1 Å². The van der Waals surface area contributed by atoms with E-state index in [2.05, 4.69) is 62.9 Å². The van der Waals surface area contributed by atoms with Gasteiger partial charge in [-0.3, -0.25) is 0 Å². The Bertz CT molecular complexity index is 613. The van der Waals surface area contributed by atoms with Gasteiger partial charge in [-0.25, -0.2) is 0 Å². The van der Waals surface area contributed by atoms with E-state index in [0.29, 0.717) is 6.54 Å². The highest BCUT2D eigenvalue weighted by molar-refractivity contribution is 5.50. The van der Waals surface area contributed by atoms with Gasteiger partial charge < -0.3 is 10.0 Å². The van der Waals surface area contributed by atoms with Crippen LogP contribution in [0.25, 0.3) is 0 Å². The van der Waals surface area contributed by atoms with Gasteiger partial charge >= 0.3 is 0 Å². The maximum atomic E-state index is 10.5. The van der Waals surface area contributed by atoms with Crippen molar-refractivity contribution in [2.24, 2.45) is 0 Å². The van der Waals surface area contributed by atoms with Crippen LogP contribution in [0.15, 0.2) is 36.4 Å². The van der Waals surface area contributed by atoms with E-state index in [0.717, 1.165) is 16.8 Å². The van der Waals surface area contributed by atoms with Gasteiger partial charge in [0, 0.05) is 19.3 Å². The highest BCUT2D eigenvalue weighted by atomic mass is 16.3. The molecule has 0 aliphatic rings. The normalized spacial score (nSPS) is 12.3. The van der Waals surface area contributed by atoms with Gasteiger partial charge in [0.15, 0.2) is 0 Å². The number of benzene rings is 2. The van der Waals surface area contributed by atoms with Crippen molar-refractivity contribution in [1.29, 1.82) is 0 Å². The third-order valence-corrected chi connectivity index (χ3v) is 3.88. The van der Waals surface area contributed by atoms with Gasteiger partial charge in [-0.1, -0.05) is 29.8 Å². The van der Waals surface area contributed by atoms with Gasteiger partial charge in [-0.15, -0.1) is 0 Å². The summed E-state index contributed by atoms with van der Waals surface area (Å²) in [7, 11) is 2.03. The predicted molar refractivity (Wildman–Crippen MR) is 90.1 cm³/mol. The molecule has 0 heterocycles. The van der Waals surface area contributed by atoms with Crippen molar-refractivity contribution < 1.29 is 5.11 Å². The molecule has 0 bridgehead atoms. The SMILES string of the molecule is Cc1cc(C)cc(N(C)CC(O)c2ccc(C)cc2C)c1. The first-order chi connectivity index (χ1) is 9.86. The second kappa shape index (κ2) is 6.31. The number of aliphatic hydroxyl groups excluding tert-OH is 1. The van der Waals surface area contributed by atoms with Crippen LogP contribution in [-0.2, 0) is 0 Å². The lowest BCUT2D eigenvalue weighted by atomic mass is 10.0. The zero-order valence-corrected chi connectivity index (χ0v) is 13.6. The predicted octanol–water partition coefficient (Wildman–Crippen LogP) is 4.09. The summed E-state index contributed by atoms with van der Waals surface area (Å²) in [4.78, 5) is 2.12. The van der Waals surface area contributed by atoms with E-state index in [9.17, 15) is 5.11 Å². The maximum absolute atomic E-state index is 10.5. The first-order valence-electron chi connectivity index (χ1n) is 7.41. The number of rotatable bonds is 4. The second-order valence-electron chi connectivity index (χ2n) is 6.10. The molecule has 0 aromatic heterocycles. The average molecular weight is 283 g/mol. The molecule has 0 radical (unpaired) electrons. The zero-order valence-electron chi connectivity index (χ0n) is 13.6. The molecular weight excluding hydrogens is 258 g/mol. The minimum atomic E-state index is -0.476. The molecule has 2 heteroatoms. The van der Waals surface area contributed by atoms with E-state index in [1.807, 2.05) is 13.1 Å². The fourth-order valence-electron chi connectivity index (χ4n) is 2.83. The van der Waals surface area contributed by atoms with Crippen LogP contribution in [0.2, 0.25) is 0 Å². The molecular formula is C19H25NO. The fraction of sp³-hybridized carbons (Fsp3) is 0.368. The third kappa shape index (κ3) is 3.85. The van der Waals surface area contributed by atoms with Crippen LogP contribution >= 0.6 is 0 Å². The molecule has 2 aromatic carbocycles. The number of likely N-dealkylation sites (N-methyl/N-ethyl adjacent to an activating group) is 1. The highest BCUT2D eigenvalue weighted by Gasteiger charge is 2.14. The second-order valence-corrected chi connectivity index (χ2v) is 6.10. The topological polar surface area (TPSA) is 23.5 Å². The minimum absolute atomic E-state index is 0.476. The molecule has 2 rings (SSSR count). The molecule has 0 spiro atoms. The Kier molecular flexibility index (Phi) is 4.69. The maximum Gasteiger partial charge on any atom is 0.0967 e. The number of hydrogen-bond acceptors (Lipinski definition) is 2. The molecule has 112 valence electrons. The standard InChI is InChI=1S/C19H25NO/c1-13-6-7-18(16(4)9-13)19(21)12-20(5)17-10-14(2)8-15(3)11-17/h6-11,19,21H,12H2,1-5H3. The first-order valence-corrected chi connectivity index (χ1v) is 7.41.